The predicted molar refractivity (Wildman–Crippen MR) is 118 cm³/mol. The molecule has 0 saturated heterocycles. The van der Waals surface area contributed by atoms with Gasteiger partial charge in [-0.1, -0.05) is 39.4 Å². The predicted octanol–water partition coefficient (Wildman–Crippen LogP) is 5.28. The summed E-state index contributed by atoms with van der Waals surface area (Å²) in [5, 5.41) is 0. The summed E-state index contributed by atoms with van der Waals surface area (Å²) in [5.74, 6) is 0.936. The summed E-state index contributed by atoms with van der Waals surface area (Å²) in [4.78, 5) is 23.7. The summed E-state index contributed by atoms with van der Waals surface area (Å²) in [6, 6.07) is 17.7. The van der Waals surface area contributed by atoms with Gasteiger partial charge in [0.15, 0.2) is 12.2 Å². The van der Waals surface area contributed by atoms with E-state index in [9.17, 15) is 9.59 Å². The molecule has 3 aromatic carbocycles. The van der Waals surface area contributed by atoms with Crippen LogP contribution < -0.4 is 19.1 Å². The van der Waals surface area contributed by atoms with E-state index in [4.69, 9.17) is 18.6 Å². The number of methoxy groups -OCH3 is 1. The first-order valence-corrected chi connectivity index (χ1v) is 10.4. The molecule has 0 amide bonds. The Morgan fingerprint density at radius 3 is 2.60 bits per heavy atom. The molecule has 0 aliphatic heterocycles. The number of ether oxygens (including phenoxy) is 3. The molecule has 0 fully saturated rings. The highest BCUT2D eigenvalue weighted by Gasteiger charge is 2.15. The van der Waals surface area contributed by atoms with E-state index in [0.29, 0.717) is 33.1 Å². The summed E-state index contributed by atoms with van der Waals surface area (Å²) < 4.78 is 23.0. The van der Waals surface area contributed by atoms with Gasteiger partial charge in [-0.2, -0.15) is 0 Å². The number of hydrogen-bond donors (Lipinski definition) is 0. The van der Waals surface area contributed by atoms with Crippen molar-refractivity contribution in [2.24, 2.45) is 0 Å². The fourth-order valence-electron chi connectivity index (χ4n) is 2.85. The first-order valence-electron chi connectivity index (χ1n) is 8.83. The highest BCUT2D eigenvalue weighted by Crippen LogP contribution is 2.35. The summed E-state index contributed by atoms with van der Waals surface area (Å²) in [6.45, 7) is -0.254. The molecule has 1 aromatic heterocycles. The van der Waals surface area contributed by atoms with E-state index in [0.717, 1.165) is 21.4 Å². The van der Waals surface area contributed by atoms with Crippen molar-refractivity contribution >= 4 is 43.5 Å². The standard InChI is InChI=1S/C22H15BrO6S/c1-26-16-4-2-3-13(9-16)18-10-17(11-19-21(18)29-22(25)30-19)28-20(24)12-27-15-7-5-14(23)6-8-15/h2-11H,12H2,1H3. The maximum atomic E-state index is 12.3. The Labute approximate surface area is 183 Å². The van der Waals surface area contributed by atoms with Gasteiger partial charge in [-0.15, -0.1) is 0 Å². The third-order valence-electron chi connectivity index (χ3n) is 4.19. The monoisotopic (exact) mass is 486 g/mol. The van der Waals surface area contributed by atoms with E-state index >= 15 is 0 Å². The fraction of sp³-hybridized carbons (Fsp3) is 0.0909. The number of carbonyl (C=O) groups is 1. The zero-order chi connectivity index (χ0) is 21.1. The lowest BCUT2D eigenvalue weighted by molar-refractivity contribution is -0.136. The number of carbonyl (C=O) groups excluding carboxylic acids is 1. The Morgan fingerprint density at radius 2 is 1.83 bits per heavy atom. The maximum absolute atomic E-state index is 12.3. The molecule has 0 N–H and O–H groups in total. The van der Waals surface area contributed by atoms with Gasteiger partial charge in [-0.25, -0.2) is 9.59 Å². The molecular weight excluding hydrogens is 472 g/mol. The summed E-state index contributed by atoms with van der Waals surface area (Å²) >= 11 is 4.29. The van der Waals surface area contributed by atoms with Crippen LogP contribution in [0.4, 0.5) is 0 Å². The third-order valence-corrected chi connectivity index (χ3v) is 5.49. The van der Waals surface area contributed by atoms with E-state index in [2.05, 4.69) is 15.9 Å². The molecule has 4 aromatic rings. The molecule has 0 unspecified atom stereocenters. The van der Waals surface area contributed by atoms with Crippen molar-refractivity contribution in [1.82, 2.24) is 0 Å². The van der Waals surface area contributed by atoms with Crippen LogP contribution in [0.2, 0.25) is 0 Å². The average Bonchev–Trinajstić information content (AvgIpc) is 3.12. The van der Waals surface area contributed by atoms with E-state index in [-0.39, 0.29) is 6.61 Å². The van der Waals surface area contributed by atoms with Crippen molar-refractivity contribution in [3.05, 3.63) is 74.9 Å². The SMILES string of the molecule is COc1cccc(-c2cc(OC(=O)COc3ccc(Br)cc3)cc3sc(=O)oc23)c1. The molecule has 0 aliphatic rings. The zero-order valence-electron chi connectivity index (χ0n) is 15.7. The molecule has 0 spiro atoms. The molecule has 152 valence electrons. The van der Waals surface area contributed by atoms with Crippen molar-refractivity contribution in [1.29, 1.82) is 0 Å². The lowest BCUT2D eigenvalue weighted by atomic mass is 10.0. The van der Waals surface area contributed by atoms with Crippen LogP contribution in [0.1, 0.15) is 0 Å². The Morgan fingerprint density at radius 1 is 1.03 bits per heavy atom. The fourth-order valence-corrected chi connectivity index (χ4v) is 3.84. The highest BCUT2D eigenvalue weighted by molar-refractivity contribution is 9.10. The van der Waals surface area contributed by atoms with E-state index in [1.54, 1.807) is 31.4 Å². The molecule has 0 bridgehead atoms. The molecular formula is C22H15BrO6S. The van der Waals surface area contributed by atoms with Crippen LogP contribution >= 0.6 is 27.3 Å². The van der Waals surface area contributed by atoms with Gasteiger partial charge in [0.2, 0.25) is 0 Å². The summed E-state index contributed by atoms with van der Waals surface area (Å²) in [5.41, 5.74) is 1.83. The molecule has 1 heterocycles. The van der Waals surface area contributed by atoms with Gasteiger partial charge in [-0.3, -0.25) is 0 Å². The van der Waals surface area contributed by atoms with Crippen LogP contribution in [0.5, 0.6) is 17.2 Å². The quantitative estimate of drug-likeness (QED) is 0.272. The maximum Gasteiger partial charge on any atom is 0.396 e. The minimum atomic E-state index is -0.565. The first kappa shape index (κ1) is 20.2. The van der Waals surface area contributed by atoms with Gasteiger partial charge in [-0.05, 0) is 48.0 Å². The number of rotatable bonds is 6. The first-order chi connectivity index (χ1) is 14.5. The van der Waals surface area contributed by atoms with E-state index in [1.165, 1.54) is 0 Å². The van der Waals surface area contributed by atoms with Crippen LogP contribution in [-0.4, -0.2) is 19.7 Å². The van der Waals surface area contributed by atoms with Gasteiger partial charge in [0, 0.05) is 16.1 Å². The number of halogens is 1. The topological polar surface area (TPSA) is 75.0 Å². The largest absolute Gasteiger partial charge is 0.497 e. The van der Waals surface area contributed by atoms with Crippen LogP contribution in [0.25, 0.3) is 21.4 Å². The Balaban J connectivity index is 1.60. The molecule has 6 nitrogen and oxygen atoms in total. The minimum Gasteiger partial charge on any atom is -0.497 e. The second kappa shape index (κ2) is 8.73. The Hall–Kier alpha value is -3.10. The molecule has 0 saturated carbocycles. The van der Waals surface area contributed by atoms with Crippen LogP contribution in [0.15, 0.2) is 74.3 Å². The number of esters is 1. The van der Waals surface area contributed by atoms with Crippen molar-refractivity contribution in [2.45, 2.75) is 0 Å². The molecule has 0 radical (unpaired) electrons. The van der Waals surface area contributed by atoms with Gasteiger partial charge < -0.3 is 18.6 Å². The molecule has 4 rings (SSSR count). The number of fused-ring (bicyclic) bond motifs is 1. The van der Waals surface area contributed by atoms with Gasteiger partial charge >= 0.3 is 10.9 Å². The average molecular weight is 487 g/mol. The van der Waals surface area contributed by atoms with Crippen LogP contribution in [0, 0.1) is 0 Å². The van der Waals surface area contributed by atoms with Crippen molar-refractivity contribution in [3.63, 3.8) is 0 Å². The second-order valence-electron chi connectivity index (χ2n) is 6.20. The van der Waals surface area contributed by atoms with Crippen LogP contribution in [0.3, 0.4) is 0 Å². The van der Waals surface area contributed by atoms with Crippen LogP contribution in [-0.2, 0) is 4.79 Å². The van der Waals surface area contributed by atoms with E-state index in [1.807, 2.05) is 36.4 Å². The lowest BCUT2D eigenvalue weighted by Crippen LogP contribution is -2.17. The van der Waals surface area contributed by atoms with Gasteiger partial charge in [0.05, 0.1) is 11.8 Å². The molecule has 0 atom stereocenters. The minimum absolute atomic E-state index is 0.254. The van der Waals surface area contributed by atoms with E-state index < -0.39 is 10.9 Å². The Kier molecular flexibility index (Phi) is 5.87. The normalized spacial score (nSPS) is 10.7. The van der Waals surface area contributed by atoms with Crippen molar-refractivity contribution in [2.75, 3.05) is 13.7 Å². The van der Waals surface area contributed by atoms with Gasteiger partial charge in [0.25, 0.3) is 0 Å². The number of hydrogen-bond acceptors (Lipinski definition) is 7. The smallest absolute Gasteiger partial charge is 0.396 e. The molecule has 0 aliphatic carbocycles. The van der Waals surface area contributed by atoms with Gasteiger partial charge in [0.1, 0.15) is 17.2 Å². The lowest BCUT2D eigenvalue weighted by Gasteiger charge is -2.10. The molecule has 8 heteroatoms. The zero-order valence-corrected chi connectivity index (χ0v) is 18.1. The van der Waals surface area contributed by atoms with Crippen molar-refractivity contribution < 1.29 is 23.4 Å². The second-order valence-corrected chi connectivity index (χ2v) is 8.09. The third kappa shape index (κ3) is 4.55. The Bertz CT molecular complexity index is 1260. The molecule has 30 heavy (non-hydrogen) atoms. The summed E-state index contributed by atoms with van der Waals surface area (Å²) in [7, 11) is 1.57. The highest BCUT2D eigenvalue weighted by atomic mass is 79.9. The summed E-state index contributed by atoms with van der Waals surface area (Å²) in [6.07, 6.45) is 0. The number of benzene rings is 3. The van der Waals surface area contributed by atoms with Crippen molar-refractivity contribution in [3.8, 4) is 28.4 Å².